The molecule has 3 rings (SSSR count). The second-order valence-electron chi connectivity index (χ2n) is 6.55. The molecule has 26 heavy (non-hydrogen) atoms. The normalized spacial score (nSPS) is 12.3. The van der Waals surface area contributed by atoms with Gasteiger partial charge in [-0.1, -0.05) is 25.4 Å². The molecule has 0 unspecified atom stereocenters. The molecule has 0 radical (unpaired) electrons. The Kier molecular flexibility index (Phi) is 5.37. The number of fused-ring (bicyclic) bond motifs is 1. The summed E-state index contributed by atoms with van der Waals surface area (Å²) in [6, 6.07) is 1.41. The largest absolute Gasteiger partial charge is 0.357 e. The molecule has 0 fully saturated rings. The summed E-state index contributed by atoms with van der Waals surface area (Å²) in [5.74, 6) is 0.851. The highest BCUT2D eigenvalue weighted by Gasteiger charge is 2.15. The number of anilines is 1. The van der Waals surface area contributed by atoms with Crippen LogP contribution in [-0.2, 0) is 4.79 Å². The van der Waals surface area contributed by atoms with Crippen LogP contribution >= 0.6 is 11.6 Å². The Morgan fingerprint density at radius 3 is 2.85 bits per heavy atom. The quantitative estimate of drug-likeness (QED) is 0.617. The number of hydrogen-bond acceptors (Lipinski definition) is 5. The third-order valence-electron chi connectivity index (χ3n) is 3.85. The van der Waals surface area contributed by atoms with Crippen LogP contribution in [0.4, 0.5) is 5.82 Å². The maximum Gasteiger partial charge on any atom is 0.242 e. The molecular formula is C18H21ClN6O. The number of amides is 1. The zero-order chi connectivity index (χ0) is 18.7. The molecule has 0 aliphatic heterocycles. The minimum absolute atomic E-state index is 0.0750. The fourth-order valence-electron chi connectivity index (χ4n) is 2.50. The summed E-state index contributed by atoms with van der Waals surface area (Å²) < 4.78 is 0. The van der Waals surface area contributed by atoms with Crippen molar-refractivity contribution in [1.29, 1.82) is 0 Å². The van der Waals surface area contributed by atoms with Gasteiger partial charge in [0.05, 0.1) is 23.1 Å². The third kappa shape index (κ3) is 4.11. The van der Waals surface area contributed by atoms with Crippen LogP contribution in [-0.4, -0.2) is 38.4 Å². The molecule has 0 saturated heterocycles. The molecule has 3 aromatic rings. The molecule has 3 N–H and O–H groups in total. The molecule has 1 atom stereocenters. The fraction of sp³-hybridized carbons (Fsp3) is 0.333. The van der Waals surface area contributed by atoms with Crippen molar-refractivity contribution in [2.24, 2.45) is 5.92 Å². The summed E-state index contributed by atoms with van der Waals surface area (Å²) in [5.41, 5.74) is 2.24. The number of hydrogen-bond donors (Lipinski definition) is 3. The molecule has 136 valence electrons. The van der Waals surface area contributed by atoms with Gasteiger partial charge in [0, 0.05) is 29.9 Å². The number of halogens is 1. The Morgan fingerprint density at radius 1 is 1.27 bits per heavy atom. The molecule has 0 aromatic carbocycles. The monoisotopic (exact) mass is 372 g/mol. The minimum atomic E-state index is -0.419. The molecule has 3 aromatic heterocycles. The van der Waals surface area contributed by atoms with Crippen molar-refractivity contribution in [3.05, 3.63) is 35.9 Å². The average molecular weight is 373 g/mol. The van der Waals surface area contributed by atoms with Gasteiger partial charge in [-0.05, 0) is 18.9 Å². The van der Waals surface area contributed by atoms with E-state index in [1.807, 2.05) is 12.3 Å². The lowest BCUT2D eigenvalue weighted by molar-refractivity contribution is -0.121. The summed E-state index contributed by atoms with van der Waals surface area (Å²) in [4.78, 5) is 28.3. The van der Waals surface area contributed by atoms with Crippen LogP contribution in [0.3, 0.4) is 0 Å². The smallest absolute Gasteiger partial charge is 0.242 e. The van der Waals surface area contributed by atoms with Gasteiger partial charge >= 0.3 is 0 Å². The predicted octanol–water partition coefficient (Wildman–Crippen LogP) is 3.25. The van der Waals surface area contributed by atoms with Gasteiger partial charge in [0.1, 0.15) is 17.5 Å². The fourth-order valence-corrected chi connectivity index (χ4v) is 2.66. The minimum Gasteiger partial charge on any atom is -0.357 e. The lowest BCUT2D eigenvalue weighted by Gasteiger charge is -2.15. The van der Waals surface area contributed by atoms with Crippen LogP contribution in [0.5, 0.6) is 0 Å². The van der Waals surface area contributed by atoms with E-state index in [0.717, 1.165) is 16.6 Å². The van der Waals surface area contributed by atoms with Gasteiger partial charge in [-0.3, -0.25) is 9.78 Å². The van der Waals surface area contributed by atoms with Crippen LogP contribution in [0.1, 0.15) is 20.8 Å². The highest BCUT2D eigenvalue weighted by molar-refractivity contribution is 6.31. The number of rotatable bonds is 6. The number of H-pyrrole nitrogens is 1. The first-order valence-electron chi connectivity index (χ1n) is 8.43. The van der Waals surface area contributed by atoms with Crippen molar-refractivity contribution in [1.82, 2.24) is 25.3 Å². The summed E-state index contributed by atoms with van der Waals surface area (Å²) in [7, 11) is 0. The van der Waals surface area contributed by atoms with Crippen LogP contribution in [0, 0.1) is 5.92 Å². The van der Waals surface area contributed by atoms with Crippen molar-refractivity contribution >= 4 is 34.4 Å². The highest BCUT2D eigenvalue weighted by atomic mass is 35.5. The van der Waals surface area contributed by atoms with Crippen LogP contribution in [0.25, 0.3) is 22.3 Å². The first-order chi connectivity index (χ1) is 12.4. The van der Waals surface area contributed by atoms with E-state index in [2.05, 4.69) is 44.4 Å². The number of aromatic nitrogens is 4. The molecule has 0 aliphatic rings. The molecule has 3 heterocycles. The van der Waals surface area contributed by atoms with Crippen LogP contribution in [0.15, 0.2) is 30.9 Å². The standard InChI is InChI=1S/C18H21ClN6O/c1-10(2)5-23-18(26)11(3)24-16-9-20-8-15(25-16)14-7-22-17-13(14)4-12(19)6-21-17/h4,6-11H,5H2,1-3H3,(H,21,22)(H,23,26)(H,24,25)/t11-/m0/s1. The molecule has 0 bridgehead atoms. The first kappa shape index (κ1) is 18.1. The van der Waals surface area contributed by atoms with Crippen molar-refractivity contribution in [3.63, 3.8) is 0 Å². The zero-order valence-electron chi connectivity index (χ0n) is 14.9. The molecule has 7 nitrogen and oxygen atoms in total. The van der Waals surface area contributed by atoms with E-state index in [4.69, 9.17) is 11.6 Å². The topological polar surface area (TPSA) is 95.6 Å². The summed E-state index contributed by atoms with van der Waals surface area (Å²) in [6.45, 7) is 6.53. The van der Waals surface area contributed by atoms with E-state index >= 15 is 0 Å². The molecule has 0 aliphatic carbocycles. The summed E-state index contributed by atoms with van der Waals surface area (Å²) in [6.07, 6.45) is 6.67. The average Bonchev–Trinajstić information content (AvgIpc) is 3.02. The van der Waals surface area contributed by atoms with E-state index < -0.39 is 6.04 Å². The second-order valence-corrected chi connectivity index (χ2v) is 6.98. The van der Waals surface area contributed by atoms with Gasteiger partial charge in [0.2, 0.25) is 5.91 Å². The van der Waals surface area contributed by atoms with Gasteiger partial charge in [-0.2, -0.15) is 0 Å². The van der Waals surface area contributed by atoms with Crippen molar-refractivity contribution < 1.29 is 4.79 Å². The molecule has 8 heteroatoms. The summed E-state index contributed by atoms with van der Waals surface area (Å²) >= 11 is 6.05. The van der Waals surface area contributed by atoms with Gasteiger partial charge in [-0.15, -0.1) is 0 Å². The van der Waals surface area contributed by atoms with E-state index in [-0.39, 0.29) is 5.91 Å². The van der Waals surface area contributed by atoms with Crippen molar-refractivity contribution in [3.8, 4) is 11.3 Å². The van der Waals surface area contributed by atoms with Crippen LogP contribution in [0.2, 0.25) is 5.02 Å². The van der Waals surface area contributed by atoms with E-state index in [1.54, 1.807) is 25.5 Å². The van der Waals surface area contributed by atoms with Gasteiger partial charge in [0.25, 0.3) is 0 Å². The Labute approximate surface area is 156 Å². The maximum atomic E-state index is 12.1. The Balaban J connectivity index is 1.80. The third-order valence-corrected chi connectivity index (χ3v) is 4.06. The van der Waals surface area contributed by atoms with Gasteiger partial charge < -0.3 is 15.6 Å². The lowest BCUT2D eigenvalue weighted by atomic mass is 10.1. The van der Waals surface area contributed by atoms with Gasteiger partial charge in [0.15, 0.2) is 0 Å². The second kappa shape index (κ2) is 7.70. The maximum absolute atomic E-state index is 12.1. The molecule has 0 spiro atoms. The van der Waals surface area contributed by atoms with Crippen molar-refractivity contribution in [2.75, 3.05) is 11.9 Å². The highest BCUT2D eigenvalue weighted by Crippen LogP contribution is 2.28. The predicted molar refractivity (Wildman–Crippen MR) is 103 cm³/mol. The van der Waals surface area contributed by atoms with Crippen LogP contribution < -0.4 is 10.6 Å². The lowest BCUT2D eigenvalue weighted by Crippen LogP contribution is -2.39. The number of aromatic amines is 1. The Bertz CT molecular complexity index is 923. The Hall–Kier alpha value is -2.67. The zero-order valence-corrected chi connectivity index (χ0v) is 15.6. The number of nitrogens with one attached hydrogen (secondary N) is 3. The SMILES string of the molecule is CC(C)CNC(=O)[C@H](C)Nc1cncc(-c2c[nH]c3ncc(Cl)cc23)n1. The van der Waals surface area contributed by atoms with E-state index in [9.17, 15) is 4.79 Å². The number of carbonyl (C=O) groups excluding carboxylic acids is 1. The molecular weight excluding hydrogens is 352 g/mol. The first-order valence-corrected chi connectivity index (χ1v) is 8.81. The molecule has 1 amide bonds. The van der Waals surface area contributed by atoms with Crippen molar-refractivity contribution in [2.45, 2.75) is 26.8 Å². The number of pyridine rings is 1. The number of nitrogens with zero attached hydrogens (tertiary/aromatic N) is 3. The van der Waals surface area contributed by atoms with E-state index in [1.165, 1.54) is 0 Å². The van der Waals surface area contributed by atoms with E-state index in [0.29, 0.717) is 29.0 Å². The number of carbonyl (C=O) groups is 1. The molecule has 0 saturated carbocycles. The van der Waals surface area contributed by atoms with Gasteiger partial charge in [-0.25, -0.2) is 9.97 Å². The summed E-state index contributed by atoms with van der Waals surface area (Å²) in [5, 5.41) is 7.41. The Morgan fingerprint density at radius 2 is 2.08 bits per heavy atom.